The normalized spacial score (nSPS) is 26.6. The number of rotatable bonds is 1. The van der Waals surface area contributed by atoms with E-state index in [1.54, 1.807) is 0 Å². The first-order valence-corrected chi connectivity index (χ1v) is 3.76. The highest BCUT2D eigenvalue weighted by molar-refractivity contribution is 5.07. The van der Waals surface area contributed by atoms with Crippen LogP contribution in [0.3, 0.4) is 0 Å². The van der Waals surface area contributed by atoms with Crippen LogP contribution in [-0.4, -0.2) is 28.7 Å². The summed E-state index contributed by atoms with van der Waals surface area (Å²) in [6, 6.07) is 0.477. The zero-order valence-electron chi connectivity index (χ0n) is 6.67. The molecule has 1 fully saturated rings. The van der Waals surface area contributed by atoms with Gasteiger partial charge in [-0.2, -0.15) is 0 Å². The number of nitrogens with zero attached hydrogens (tertiary/aromatic N) is 1. The second-order valence-corrected chi connectivity index (χ2v) is 3.08. The van der Waals surface area contributed by atoms with Crippen LogP contribution in [-0.2, 0) is 0 Å². The molecular formula is C8H15NO. The molecule has 0 bridgehead atoms. The third kappa shape index (κ3) is 1.16. The van der Waals surface area contributed by atoms with Gasteiger partial charge in [-0.25, -0.2) is 0 Å². The van der Waals surface area contributed by atoms with Crippen LogP contribution in [0.1, 0.15) is 20.3 Å². The van der Waals surface area contributed by atoms with Gasteiger partial charge in [-0.3, -0.25) is 0 Å². The Morgan fingerprint density at radius 1 is 1.70 bits per heavy atom. The third-order valence-corrected chi connectivity index (χ3v) is 2.02. The minimum atomic E-state index is -0.289. The summed E-state index contributed by atoms with van der Waals surface area (Å²) in [6.07, 6.45) is 0.555. The Morgan fingerprint density at radius 3 is 2.50 bits per heavy atom. The van der Waals surface area contributed by atoms with Crippen LogP contribution < -0.4 is 0 Å². The molecule has 1 unspecified atom stereocenters. The molecule has 0 radical (unpaired) electrons. The molecule has 0 saturated carbocycles. The van der Waals surface area contributed by atoms with Crippen molar-refractivity contribution in [3.8, 4) is 0 Å². The predicted octanol–water partition coefficient (Wildman–Crippen LogP) is 0.975. The van der Waals surface area contributed by atoms with Gasteiger partial charge < -0.3 is 10.0 Å². The van der Waals surface area contributed by atoms with Crippen LogP contribution in [0.2, 0.25) is 0 Å². The topological polar surface area (TPSA) is 23.5 Å². The van der Waals surface area contributed by atoms with Crippen molar-refractivity contribution in [2.75, 3.05) is 6.54 Å². The molecule has 1 atom stereocenters. The minimum absolute atomic E-state index is 0.289. The van der Waals surface area contributed by atoms with Gasteiger partial charge in [0.2, 0.25) is 0 Å². The average Bonchev–Trinajstić information content (AvgIpc) is 2.14. The molecule has 1 aliphatic rings. The van der Waals surface area contributed by atoms with E-state index in [-0.39, 0.29) is 6.10 Å². The van der Waals surface area contributed by atoms with Crippen molar-refractivity contribution < 1.29 is 5.11 Å². The first-order chi connectivity index (χ1) is 4.63. The molecule has 1 aliphatic heterocycles. The molecule has 1 heterocycles. The van der Waals surface area contributed by atoms with E-state index in [0.717, 1.165) is 18.7 Å². The summed E-state index contributed by atoms with van der Waals surface area (Å²) in [4.78, 5) is 2.14. The van der Waals surface area contributed by atoms with Gasteiger partial charge >= 0.3 is 0 Å². The van der Waals surface area contributed by atoms with E-state index in [1.807, 2.05) is 0 Å². The number of aliphatic hydroxyl groups is 1. The zero-order chi connectivity index (χ0) is 7.72. The molecular weight excluding hydrogens is 126 g/mol. The third-order valence-electron chi connectivity index (χ3n) is 2.02. The summed E-state index contributed by atoms with van der Waals surface area (Å²) in [5.41, 5.74) is 0.884. The summed E-state index contributed by atoms with van der Waals surface area (Å²) < 4.78 is 0. The monoisotopic (exact) mass is 141 g/mol. The first-order valence-electron chi connectivity index (χ1n) is 3.76. The van der Waals surface area contributed by atoms with Gasteiger partial charge in [0.15, 0.2) is 0 Å². The Balaban J connectivity index is 2.57. The standard InChI is InChI=1S/C8H15NO/c1-6(2)9-5-4-8(10)7(9)3/h6,8,10H,3-5H2,1-2H3. The molecule has 2 heteroatoms. The molecule has 2 nitrogen and oxygen atoms in total. The van der Waals surface area contributed by atoms with Crippen LogP contribution in [0.5, 0.6) is 0 Å². The van der Waals surface area contributed by atoms with E-state index < -0.39 is 0 Å². The fourth-order valence-corrected chi connectivity index (χ4v) is 1.35. The summed E-state index contributed by atoms with van der Waals surface area (Å²) in [7, 11) is 0. The Hall–Kier alpha value is -0.500. The minimum Gasteiger partial charge on any atom is -0.387 e. The molecule has 0 aliphatic carbocycles. The van der Waals surface area contributed by atoms with Gasteiger partial charge in [0.1, 0.15) is 0 Å². The molecule has 0 amide bonds. The highest BCUT2D eigenvalue weighted by Gasteiger charge is 2.25. The lowest BCUT2D eigenvalue weighted by atomic mass is 10.3. The van der Waals surface area contributed by atoms with Crippen molar-refractivity contribution in [2.24, 2.45) is 0 Å². The largest absolute Gasteiger partial charge is 0.387 e. The molecule has 0 aromatic rings. The Labute approximate surface area is 62.2 Å². The Bertz CT molecular complexity index is 142. The highest BCUT2D eigenvalue weighted by Crippen LogP contribution is 2.21. The van der Waals surface area contributed by atoms with Crippen molar-refractivity contribution in [3.05, 3.63) is 12.3 Å². The van der Waals surface area contributed by atoms with Gasteiger partial charge in [-0.15, -0.1) is 0 Å². The van der Waals surface area contributed by atoms with Crippen molar-refractivity contribution in [1.29, 1.82) is 0 Å². The molecule has 10 heavy (non-hydrogen) atoms. The van der Waals surface area contributed by atoms with E-state index in [0.29, 0.717) is 6.04 Å². The fraction of sp³-hybridized carbons (Fsp3) is 0.750. The van der Waals surface area contributed by atoms with E-state index in [9.17, 15) is 5.11 Å². The molecule has 1 N–H and O–H groups in total. The smallest absolute Gasteiger partial charge is 0.0947 e. The molecule has 1 rings (SSSR count). The number of hydrogen-bond donors (Lipinski definition) is 1. The predicted molar refractivity (Wildman–Crippen MR) is 41.6 cm³/mol. The quantitative estimate of drug-likeness (QED) is 0.588. The Kier molecular flexibility index (Phi) is 2.00. The SMILES string of the molecule is C=C1C(O)CCN1C(C)C. The van der Waals surface area contributed by atoms with Crippen LogP contribution in [0, 0.1) is 0 Å². The van der Waals surface area contributed by atoms with Crippen molar-refractivity contribution in [1.82, 2.24) is 4.90 Å². The molecule has 1 saturated heterocycles. The molecule has 0 spiro atoms. The first kappa shape index (κ1) is 7.61. The summed E-state index contributed by atoms with van der Waals surface area (Å²) >= 11 is 0. The van der Waals surface area contributed by atoms with E-state index in [2.05, 4.69) is 25.3 Å². The Morgan fingerprint density at radius 2 is 2.30 bits per heavy atom. The summed E-state index contributed by atoms with van der Waals surface area (Å²) in [5.74, 6) is 0. The zero-order valence-corrected chi connectivity index (χ0v) is 6.67. The lowest BCUT2D eigenvalue weighted by Gasteiger charge is -2.23. The van der Waals surface area contributed by atoms with Gasteiger partial charge in [-0.05, 0) is 20.3 Å². The van der Waals surface area contributed by atoms with Crippen LogP contribution in [0.4, 0.5) is 0 Å². The van der Waals surface area contributed by atoms with Gasteiger partial charge in [-0.1, -0.05) is 6.58 Å². The van der Waals surface area contributed by atoms with Crippen molar-refractivity contribution >= 4 is 0 Å². The lowest BCUT2D eigenvalue weighted by molar-refractivity contribution is 0.210. The van der Waals surface area contributed by atoms with Gasteiger partial charge in [0.25, 0.3) is 0 Å². The van der Waals surface area contributed by atoms with Gasteiger partial charge in [0.05, 0.1) is 6.10 Å². The van der Waals surface area contributed by atoms with E-state index in [1.165, 1.54) is 0 Å². The number of aliphatic hydroxyl groups excluding tert-OH is 1. The molecule has 0 aromatic carbocycles. The van der Waals surface area contributed by atoms with Crippen LogP contribution in [0.25, 0.3) is 0 Å². The number of hydrogen-bond acceptors (Lipinski definition) is 2. The summed E-state index contributed by atoms with van der Waals surface area (Å²) in [6.45, 7) is 9.00. The fourth-order valence-electron chi connectivity index (χ4n) is 1.35. The maximum Gasteiger partial charge on any atom is 0.0947 e. The highest BCUT2D eigenvalue weighted by atomic mass is 16.3. The van der Waals surface area contributed by atoms with Crippen LogP contribution in [0.15, 0.2) is 12.3 Å². The summed E-state index contributed by atoms with van der Waals surface area (Å²) in [5, 5.41) is 9.28. The second kappa shape index (κ2) is 2.62. The maximum absolute atomic E-state index is 9.28. The van der Waals surface area contributed by atoms with Crippen molar-refractivity contribution in [2.45, 2.75) is 32.4 Å². The van der Waals surface area contributed by atoms with Gasteiger partial charge in [0, 0.05) is 18.3 Å². The van der Waals surface area contributed by atoms with Crippen LogP contribution >= 0.6 is 0 Å². The number of likely N-dealkylation sites (tertiary alicyclic amines) is 1. The molecule has 58 valence electrons. The molecule has 0 aromatic heterocycles. The lowest BCUT2D eigenvalue weighted by Crippen LogP contribution is -2.26. The van der Waals surface area contributed by atoms with E-state index in [4.69, 9.17) is 0 Å². The second-order valence-electron chi connectivity index (χ2n) is 3.08. The maximum atomic E-state index is 9.28. The van der Waals surface area contributed by atoms with E-state index >= 15 is 0 Å². The average molecular weight is 141 g/mol. The van der Waals surface area contributed by atoms with Crippen molar-refractivity contribution in [3.63, 3.8) is 0 Å².